The zero-order valence-electron chi connectivity index (χ0n) is 11.9. The van der Waals surface area contributed by atoms with Crippen LogP contribution in [-0.2, 0) is 9.84 Å². The molecule has 112 valence electrons. The molecule has 2 aromatic carbocycles. The molecule has 0 atom stereocenters. The first-order valence-corrected chi connectivity index (χ1v) is 9.10. The first-order chi connectivity index (χ1) is 9.88. The van der Waals surface area contributed by atoms with Crippen molar-refractivity contribution in [3.8, 4) is 5.75 Å². The van der Waals surface area contributed by atoms with Crippen LogP contribution >= 0.6 is 11.8 Å². The molecule has 4 nitrogen and oxygen atoms in total. The molecule has 0 unspecified atom stereocenters. The number of nitrogens with two attached hydrogens (primary N) is 1. The summed E-state index contributed by atoms with van der Waals surface area (Å²) in [5, 5.41) is 0. The van der Waals surface area contributed by atoms with Crippen molar-refractivity contribution in [1.29, 1.82) is 0 Å². The lowest BCUT2D eigenvalue weighted by molar-refractivity contribution is 0.339. The first-order valence-electron chi connectivity index (χ1n) is 6.40. The Morgan fingerprint density at radius 2 is 1.76 bits per heavy atom. The van der Waals surface area contributed by atoms with E-state index in [2.05, 4.69) is 0 Å². The van der Waals surface area contributed by atoms with E-state index in [9.17, 15) is 8.42 Å². The smallest absolute Gasteiger partial charge is 0.175 e. The zero-order chi connectivity index (χ0) is 15.5. The van der Waals surface area contributed by atoms with Gasteiger partial charge in [-0.05, 0) is 43.3 Å². The molecule has 0 spiro atoms. The molecule has 0 saturated carbocycles. The predicted molar refractivity (Wildman–Crippen MR) is 85.7 cm³/mol. The summed E-state index contributed by atoms with van der Waals surface area (Å²) in [6.45, 7) is 2.50. The van der Waals surface area contributed by atoms with Gasteiger partial charge in [-0.15, -0.1) is 0 Å². The summed E-state index contributed by atoms with van der Waals surface area (Å²) in [5.74, 6) is 0.729. The largest absolute Gasteiger partial charge is 0.494 e. The van der Waals surface area contributed by atoms with Gasteiger partial charge in [0.25, 0.3) is 0 Å². The van der Waals surface area contributed by atoms with Crippen molar-refractivity contribution < 1.29 is 13.2 Å². The standard InChI is InChI=1S/C15H17NO3S2/c1-3-19-12-8-11(16)9-14(10-12)20-13-4-6-15(7-5-13)21(2,17)18/h4-10H,3,16H2,1-2H3. The number of benzene rings is 2. The lowest BCUT2D eigenvalue weighted by Crippen LogP contribution is -1.96. The highest BCUT2D eigenvalue weighted by Gasteiger charge is 2.07. The van der Waals surface area contributed by atoms with Crippen LogP contribution in [0.15, 0.2) is 57.2 Å². The molecule has 0 amide bonds. The third kappa shape index (κ3) is 4.41. The molecule has 21 heavy (non-hydrogen) atoms. The molecule has 0 heterocycles. The average Bonchev–Trinajstić information content (AvgIpc) is 2.38. The number of ether oxygens (including phenoxy) is 1. The molecule has 2 aromatic rings. The van der Waals surface area contributed by atoms with Gasteiger partial charge in [0.2, 0.25) is 0 Å². The van der Waals surface area contributed by atoms with Crippen molar-refractivity contribution in [2.75, 3.05) is 18.6 Å². The molecule has 0 fully saturated rings. The van der Waals surface area contributed by atoms with Crippen LogP contribution in [0.3, 0.4) is 0 Å². The first kappa shape index (κ1) is 15.7. The van der Waals surface area contributed by atoms with Crippen LogP contribution in [0, 0.1) is 0 Å². The van der Waals surface area contributed by atoms with Gasteiger partial charge in [0.15, 0.2) is 9.84 Å². The van der Waals surface area contributed by atoms with E-state index in [4.69, 9.17) is 10.5 Å². The molecule has 0 saturated heterocycles. The monoisotopic (exact) mass is 323 g/mol. The average molecular weight is 323 g/mol. The molecule has 2 N–H and O–H groups in total. The van der Waals surface area contributed by atoms with Gasteiger partial charge in [-0.2, -0.15) is 0 Å². The van der Waals surface area contributed by atoms with Crippen molar-refractivity contribution in [3.63, 3.8) is 0 Å². The number of hydrogen-bond donors (Lipinski definition) is 1. The van der Waals surface area contributed by atoms with Crippen molar-refractivity contribution in [2.45, 2.75) is 21.6 Å². The zero-order valence-corrected chi connectivity index (χ0v) is 13.5. The third-order valence-electron chi connectivity index (χ3n) is 2.70. The predicted octanol–water partition coefficient (Wildman–Crippen LogP) is 3.22. The van der Waals surface area contributed by atoms with Crippen LogP contribution in [0.2, 0.25) is 0 Å². The number of anilines is 1. The minimum Gasteiger partial charge on any atom is -0.494 e. The van der Waals surface area contributed by atoms with Crippen LogP contribution < -0.4 is 10.5 Å². The van der Waals surface area contributed by atoms with Crippen molar-refractivity contribution >= 4 is 27.3 Å². The fraction of sp³-hybridized carbons (Fsp3) is 0.200. The normalized spacial score (nSPS) is 11.3. The molecule has 0 radical (unpaired) electrons. The van der Waals surface area contributed by atoms with Gasteiger partial charge in [-0.25, -0.2) is 8.42 Å². The summed E-state index contributed by atoms with van der Waals surface area (Å²) < 4.78 is 28.3. The van der Waals surface area contributed by atoms with Crippen LogP contribution in [0.25, 0.3) is 0 Å². The lowest BCUT2D eigenvalue weighted by Gasteiger charge is -2.08. The maximum atomic E-state index is 11.4. The minimum atomic E-state index is -3.16. The topological polar surface area (TPSA) is 69.4 Å². The van der Waals surface area contributed by atoms with E-state index in [-0.39, 0.29) is 0 Å². The van der Waals surface area contributed by atoms with Crippen LogP contribution in [0.4, 0.5) is 5.69 Å². The summed E-state index contributed by atoms with van der Waals surface area (Å²) in [7, 11) is -3.16. The highest BCUT2D eigenvalue weighted by Crippen LogP contribution is 2.32. The molecule has 0 aliphatic heterocycles. The van der Waals surface area contributed by atoms with E-state index in [0.29, 0.717) is 17.2 Å². The maximum Gasteiger partial charge on any atom is 0.175 e. The van der Waals surface area contributed by atoms with Crippen LogP contribution in [-0.4, -0.2) is 21.3 Å². The summed E-state index contributed by atoms with van der Waals surface area (Å²) in [6.07, 6.45) is 1.20. The second kappa shape index (κ2) is 6.41. The molecule has 0 aliphatic carbocycles. The Labute approximate surface area is 129 Å². The second-order valence-electron chi connectivity index (χ2n) is 4.52. The molecular formula is C15H17NO3S2. The highest BCUT2D eigenvalue weighted by atomic mass is 32.2. The van der Waals surface area contributed by atoms with E-state index < -0.39 is 9.84 Å². The SMILES string of the molecule is CCOc1cc(N)cc(Sc2ccc(S(C)(=O)=O)cc2)c1. The summed E-state index contributed by atoms with van der Waals surface area (Å²) >= 11 is 1.51. The van der Waals surface area contributed by atoms with Crippen molar-refractivity contribution in [1.82, 2.24) is 0 Å². The van der Waals surface area contributed by atoms with Gasteiger partial charge in [-0.1, -0.05) is 11.8 Å². The number of nitrogen functional groups attached to an aromatic ring is 1. The van der Waals surface area contributed by atoms with E-state index in [0.717, 1.165) is 15.5 Å². The van der Waals surface area contributed by atoms with Crippen molar-refractivity contribution in [2.24, 2.45) is 0 Å². The van der Waals surface area contributed by atoms with Crippen molar-refractivity contribution in [3.05, 3.63) is 42.5 Å². The van der Waals surface area contributed by atoms with E-state index >= 15 is 0 Å². The summed E-state index contributed by atoms with van der Waals surface area (Å²) in [6, 6.07) is 12.3. The maximum absolute atomic E-state index is 11.4. The Balaban J connectivity index is 2.22. The van der Waals surface area contributed by atoms with Gasteiger partial charge in [0, 0.05) is 27.8 Å². The Hall–Kier alpha value is -1.66. The van der Waals surface area contributed by atoms with Gasteiger partial charge in [-0.3, -0.25) is 0 Å². The highest BCUT2D eigenvalue weighted by molar-refractivity contribution is 7.99. The Morgan fingerprint density at radius 1 is 1.10 bits per heavy atom. The summed E-state index contributed by atoms with van der Waals surface area (Å²) in [5.41, 5.74) is 6.49. The van der Waals surface area contributed by atoms with Gasteiger partial charge < -0.3 is 10.5 Å². The third-order valence-corrected chi connectivity index (χ3v) is 4.81. The van der Waals surface area contributed by atoms with Gasteiger partial charge >= 0.3 is 0 Å². The lowest BCUT2D eigenvalue weighted by atomic mass is 10.3. The molecule has 6 heteroatoms. The van der Waals surface area contributed by atoms with E-state index in [1.165, 1.54) is 18.0 Å². The summed E-state index contributed by atoms with van der Waals surface area (Å²) in [4.78, 5) is 2.20. The Kier molecular flexibility index (Phi) is 4.80. The number of hydrogen-bond acceptors (Lipinski definition) is 5. The number of sulfone groups is 1. The van der Waals surface area contributed by atoms with E-state index in [1.807, 2.05) is 19.1 Å². The molecule has 2 rings (SSSR count). The van der Waals surface area contributed by atoms with E-state index in [1.54, 1.807) is 30.3 Å². The quantitative estimate of drug-likeness (QED) is 0.856. The van der Waals surface area contributed by atoms with Gasteiger partial charge in [0.1, 0.15) is 5.75 Å². The Morgan fingerprint density at radius 3 is 2.33 bits per heavy atom. The molecular weight excluding hydrogens is 306 g/mol. The molecule has 0 bridgehead atoms. The second-order valence-corrected chi connectivity index (χ2v) is 7.68. The fourth-order valence-electron chi connectivity index (χ4n) is 1.79. The van der Waals surface area contributed by atoms with Crippen LogP contribution in [0.1, 0.15) is 6.92 Å². The molecule has 0 aliphatic rings. The van der Waals surface area contributed by atoms with Crippen LogP contribution in [0.5, 0.6) is 5.75 Å². The fourth-order valence-corrected chi connectivity index (χ4v) is 3.34. The molecule has 0 aromatic heterocycles. The van der Waals surface area contributed by atoms with Gasteiger partial charge in [0.05, 0.1) is 11.5 Å². The minimum absolute atomic E-state index is 0.314. The Bertz CT molecular complexity index is 725. The number of rotatable bonds is 5.